The first kappa shape index (κ1) is 18.2. The average molecular weight is 383 g/mol. The molecule has 2 aliphatic rings. The van der Waals surface area contributed by atoms with E-state index in [4.69, 9.17) is 17.3 Å². The van der Waals surface area contributed by atoms with Crippen LogP contribution >= 0.6 is 11.6 Å². The summed E-state index contributed by atoms with van der Waals surface area (Å²) in [4.78, 5) is 6.36. The van der Waals surface area contributed by atoms with Crippen LogP contribution in [-0.4, -0.2) is 55.0 Å². The lowest BCUT2D eigenvalue weighted by molar-refractivity contribution is 0.354. The van der Waals surface area contributed by atoms with Crippen molar-refractivity contribution in [1.82, 2.24) is 14.2 Å². The summed E-state index contributed by atoms with van der Waals surface area (Å²) in [6.07, 6.45) is 11.2. The fourth-order valence-electron chi connectivity index (χ4n) is 3.30. The number of pyridine rings is 1. The third-order valence-corrected chi connectivity index (χ3v) is 6.61. The van der Waals surface area contributed by atoms with E-state index in [0.29, 0.717) is 10.8 Å². The molecule has 0 radical (unpaired) electrons. The Balaban J connectivity index is 1.64. The van der Waals surface area contributed by atoms with Gasteiger partial charge in [0.15, 0.2) is 0 Å². The number of halogens is 1. The van der Waals surface area contributed by atoms with E-state index in [1.807, 2.05) is 6.07 Å². The molecule has 2 atom stereocenters. The van der Waals surface area contributed by atoms with Crippen molar-refractivity contribution in [3.8, 4) is 0 Å². The Labute approximate surface area is 154 Å². The number of aromatic nitrogens is 1. The smallest absolute Gasteiger partial charge is 0.211 e. The van der Waals surface area contributed by atoms with Crippen molar-refractivity contribution in [3.05, 3.63) is 46.8 Å². The van der Waals surface area contributed by atoms with E-state index >= 15 is 0 Å². The van der Waals surface area contributed by atoms with Crippen molar-refractivity contribution in [3.63, 3.8) is 0 Å². The van der Waals surface area contributed by atoms with Crippen LogP contribution in [0, 0.1) is 0 Å². The highest BCUT2D eigenvalue weighted by Crippen LogP contribution is 2.31. The minimum atomic E-state index is -3.15. The lowest BCUT2D eigenvalue weighted by Gasteiger charge is -2.26. The molecule has 0 aromatic carbocycles. The molecule has 0 spiro atoms. The molecule has 0 amide bonds. The zero-order valence-corrected chi connectivity index (χ0v) is 16.0. The lowest BCUT2D eigenvalue weighted by atomic mass is 9.92. The number of nitrogens with zero attached hydrogens (tertiary/aromatic N) is 3. The number of hydrogen-bond acceptors (Lipinski definition) is 5. The van der Waals surface area contributed by atoms with E-state index in [1.165, 1.54) is 10.6 Å². The van der Waals surface area contributed by atoms with Gasteiger partial charge in [0, 0.05) is 44.0 Å². The first-order valence-electron chi connectivity index (χ1n) is 8.23. The van der Waals surface area contributed by atoms with Crippen LogP contribution in [0.1, 0.15) is 24.3 Å². The van der Waals surface area contributed by atoms with Gasteiger partial charge in [-0.1, -0.05) is 23.8 Å². The van der Waals surface area contributed by atoms with Crippen molar-refractivity contribution in [2.45, 2.75) is 24.8 Å². The summed E-state index contributed by atoms with van der Waals surface area (Å²) in [6.45, 7) is 1.58. The molecule has 2 heterocycles. The molecule has 136 valence electrons. The highest BCUT2D eigenvalue weighted by atomic mass is 35.5. The van der Waals surface area contributed by atoms with Gasteiger partial charge in [0.25, 0.3) is 0 Å². The van der Waals surface area contributed by atoms with Crippen LogP contribution in [0.3, 0.4) is 0 Å². The van der Waals surface area contributed by atoms with Crippen LogP contribution in [-0.2, 0) is 10.0 Å². The molecule has 0 bridgehead atoms. The summed E-state index contributed by atoms with van der Waals surface area (Å²) < 4.78 is 24.9. The molecule has 0 saturated carbocycles. The molecule has 1 saturated heterocycles. The number of anilines is 1. The fraction of sp³-hybridized carbons (Fsp3) is 0.471. The van der Waals surface area contributed by atoms with Gasteiger partial charge in [0.2, 0.25) is 10.0 Å². The maximum atomic E-state index is 11.7. The highest BCUT2D eigenvalue weighted by molar-refractivity contribution is 7.88. The second-order valence-corrected chi connectivity index (χ2v) is 9.08. The van der Waals surface area contributed by atoms with Gasteiger partial charge in [-0.25, -0.2) is 17.7 Å². The van der Waals surface area contributed by atoms with Crippen LogP contribution in [0.2, 0.25) is 5.02 Å². The lowest BCUT2D eigenvalue weighted by Crippen LogP contribution is -2.38. The number of hydrogen-bond donors (Lipinski definition) is 1. The number of allylic oxidation sites excluding steroid dienone is 3. The third-order valence-electron chi connectivity index (χ3n) is 4.97. The van der Waals surface area contributed by atoms with Crippen molar-refractivity contribution in [2.75, 3.05) is 32.1 Å². The van der Waals surface area contributed by atoms with Crippen LogP contribution < -0.4 is 5.73 Å². The van der Waals surface area contributed by atoms with Gasteiger partial charge in [-0.15, -0.1) is 0 Å². The molecule has 1 aromatic heterocycles. The predicted octanol–water partition coefficient (Wildman–Crippen LogP) is 2.21. The molecule has 25 heavy (non-hydrogen) atoms. The van der Waals surface area contributed by atoms with E-state index in [-0.39, 0.29) is 12.0 Å². The molecule has 1 aliphatic heterocycles. The second kappa shape index (κ2) is 6.97. The Bertz CT molecular complexity index is 822. The number of likely N-dealkylation sites (N-methyl/N-ethyl adjacent to an activating group) is 1. The molecule has 1 unspecified atom stereocenters. The van der Waals surface area contributed by atoms with E-state index in [9.17, 15) is 8.42 Å². The third kappa shape index (κ3) is 3.99. The van der Waals surface area contributed by atoms with E-state index in [2.05, 4.69) is 28.1 Å². The van der Waals surface area contributed by atoms with Gasteiger partial charge in [-0.05, 0) is 30.5 Å². The summed E-state index contributed by atoms with van der Waals surface area (Å²) in [5.41, 5.74) is 7.86. The Morgan fingerprint density at radius 3 is 2.80 bits per heavy atom. The van der Waals surface area contributed by atoms with Crippen LogP contribution in [0.5, 0.6) is 0 Å². The summed E-state index contributed by atoms with van der Waals surface area (Å²) in [6, 6.07) is 1.90. The Morgan fingerprint density at radius 2 is 2.20 bits per heavy atom. The molecule has 6 nitrogen and oxygen atoms in total. The predicted molar refractivity (Wildman–Crippen MR) is 101 cm³/mol. The first-order valence-corrected chi connectivity index (χ1v) is 10.5. The quantitative estimate of drug-likeness (QED) is 0.863. The van der Waals surface area contributed by atoms with Gasteiger partial charge >= 0.3 is 0 Å². The topological polar surface area (TPSA) is 79.5 Å². The van der Waals surface area contributed by atoms with Crippen LogP contribution in [0.25, 0.3) is 0 Å². The van der Waals surface area contributed by atoms with Crippen molar-refractivity contribution < 1.29 is 8.42 Å². The standard InChI is InChI=1S/C17H23ClN4O2S/c1-21(25(2,23)24)15-7-8-22(11-15)14-5-3-12(4-6-14)13-9-16(18)17(19)20-10-13/h3,5-6,9-10,12,15H,4,7-8,11H2,1-2H3,(H2,19,20)/t12?,15-/m0/s1. The molecule has 1 aromatic rings. The molecule has 1 fully saturated rings. The summed E-state index contributed by atoms with van der Waals surface area (Å²) in [7, 11) is -1.50. The molecule has 8 heteroatoms. The molecule has 1 aliphatic carbocycles. The minimum absolute atomic E-state index is 0.0297. The Hall–Kier alpha value is -1.57. The van der Waals surface area contributed by atoms with Gasteiger partial charge in [0.05, 0.1) is 11.3 Å². The van der Waals surface area contributed by atoms with Crippen LogP contribution in [0.15, 0.2) is 36.2 Å². The first-order chi connectivity index (χ1) is 11.8. The normalized spacial score (nSPS) is 24.0. The van der Waals surface area contributed by atoms with Crippen molar-refractivity contribution >= 4 is 27.4 Å². The maximum absolute atomic E-state index is 11.7. The largest absolute Gasteiger partial charge is 0.382 e. The summed E-state index contributed by atoms with van der Waals surface area (Å²) in [5, 5.41) is 0.479. The fourth-order valence-corrected chi connectivity index (χ4v) is 4.19. The number of nitrogens with two attached hydrogens (primary N) is 1. The van der Waals surface area contributed by atoms with E-state index in [1.54, 1.807) is 13.2 Å². The number of rotatable bonds is 4. The maximum Gasteiger partial charge on any atom is 0.211 e. The number of nitrogen functional groups attached to an aromatic ring is 1. The molecular weight excluding hydrogens is 360 g/mol. The van der Waals surface area contributed by atoms with Crippen LogP contribution in [0.4, 0.5) is 5.82 Å². The van der Waals surface area contributed by atoms with Gasteiger partial charge < -0.3 is 10.6 Å². The van der Waals surface area contributed by atoms with E-state index in [0.717, 1.165) is 37.2 Å². The molecular formula is C17H23ClN4O2S. The summed E-state index contributed by atoms with van der Waals surface area (Å²) in [5.74, 6) is 0.575. The number of sulfonamides is 1. The SMILES string of the molecule is CN([C@H]1CCN(C2=CCC(c3cnc(N)c(Cl)c3)C=C2)C1)S(C)(=O)=O. The zero-order valence-electron chi connectivity index (χ0n) is 14.4. The average Bonchev–Trinajstić information content (AvgIpc) is 3.06. The van der Waals surface area contributed by atoms with Crippen molar-refractivity contribution in [1.29, 1.82) is 0 Å². The Morgan fingerprint density at radius 1 is 1.44 bits per heavy atom. The summed E-state index contributed by atoms with van der Waals surface area (Å²) >= 11 is 6.06. The van der Waals surface area contributed by atoms with Gasteiger partial charge in [-0.2, -0.15) is 0 Å². The zero-order chi connectivity index (χ0) is 18.2. The molecule has 2 N–H and O–H groups in total. The molecule has 3 rings (SSSR count). The van der Waals surface area contributed by atoms with Gasteiger partial charge in [0.1, 0.15) is 5.82 Å². The van der Waals surface area contributed by atoms with E-state index < -0.39 is 10.0 Å². The Kier molecular flexibility index (Phi) is 5.09. The number of likely N-dealkylation sites (tertiary alicyclic amines) is 1. The monoisotopic (exact) mass is 382 g/mol. The minimum Gasteiger partial charge on any atom is -0.382 e. The van der Waals surface area contributed by atoms with Crippen molar-refractivity contribution in [2.24, 2.45) is 0 Å². The second-order valence-electron chi connectivity index (χ2n) is 6.63. The highest BCUT2D eigenvalue weighted by Gasteiger charge is 2.31. The van der Waals surface area contributed by atoms with Gasteiger partial charge in [-0.3, -0.25) is 0 Å².